The maximum absolute atomic E-state index is 5.91. The van der Waals surface area contributed by atoms with Crippen LogP contribution in [0, 0.1) is 0 Å². The van der Waals surface area contributed by atoms with Crippen molar-refractivity contribution in [2.45, 2.75) is 26.2 Å². The zero-order chi connectivity index (χ0) is 18.2. The van der Waals surface area contributed by atoms with Gasteiger partial charge in [0.1, 0.15) is 0 Å². The van der Waals surface area contributed by atoms with E-state index in [0.29, 0.717) is 18.4 Å². The van der Waals surface area contributed by atoms with Gasteiger partial charge in [0.15, 0.2) is 11.8 Å². The molecule has 3 rings (SSSR count). The Hall–Kier alpha value is -1.94. The van der Waals surface area contributed by atoms with Gasteiger partial charge in [-0.25, -0.2) is 0 Å². The number of rotatable bonds is 8. The molecule has 0 bridgehead atoms. The van der Waals surface area contributed by atoms with E-state index in [0.717, 1.165) is 37.2 Å². The van der Waals surface area contributed by atoms with Crippen LogP contribution in [0.5, 0.6) is 0 Å². The molecule has 0 fully saturated rings. The molecule has 0 saturated carbocycles. The molecule has 0 saturated heterocycles. The minimum absolute atomic E-state index is 0. The Morgan fingerprint density at radius 1 is 1.22 bits per heavy atom. The molecule has 0 unspecified atom stereocenters. The van der Waals surface area contributed by atoms with E-state index in [1.165, 1.54) is 10.4 Å². The van der Waals surface area contributed by atoms with E-state index in [1.54, 1.807) is 11.3 Å². The second-order valence-electron chi connectivity index (χ2n) is 5.84. The van der Waals surface area contributed by atoms with E-state index in [4.69, 9.17) is 10.3 Å². The Kier molecular flexibility index (Phi) is 8.73. The van der Waals surface area contributed by atoms with Gasteiger partial charge in [0.2, 0.25) is 0 Å². The van der Waals surface area contributed by atoms with Crippen LogP contribution in [0.2, 0.25) is 0 Å². The van der Waals surface area contributed by atoms with Crippen molar-refractivity contribution in [2.75, 3.05) is 13.1 Å². The Morgan fingerprint density at radius 3 is 2.70 bits per heavy atom. The lowest BCUT2D eigenvalue weighted by Gasteiger charge is -2.06. The first-order valence-electron chi connectivity index (χ1n) is 8.72. The highest BCUT2D eigenvalue weighted by molar-refractivity contribution is 14.0. The quantitative estimate of drug-likeness (QED) is 0.282. The van der Waals surface area contributed by atoms with E-state index < -0.39 is 0 Å². The van der Waals surface area contributed by atoms with Gasteiger partial charge in [-0.2, -0.15) is 4.98 Å². The summed E-state index contributed by atoms with van der Waals surface area (Å²) in [5, 5.41) is 9.16. The van der Waals surface area contributed by atoms with Crippen molar-refractivity contribution in [1.29, 1.82) is 0 Å². The zero-order valence-electron chi connectivity index (χ0n) is 15.2. The van der Waals surface area contributed by atoms with E-state index in [-0.39, 0.29) is 24.0 Å². The summed E-state index contributed by atoms with van der Waals surface area (Å²) < 4.78 is 5.25. The van der Waals surface area contributed by atoms with Crippen LogP contribution in [0.3, 0.4) is 0 Å². The molecule has 1 aromatic carbocycles. The predicted octanol–water partition coefficient (Wildman–Crippen LogP) is 3.67. The number of hydrogen-bond acceptors (Lipinski definition) is 5. The largest absolute Gasteiger partial charge is 0.370 e. The second-order valence-corrected chi connectivity index (χ2v) is 6.87. The number of benzene rings is 1. The summed E-state index contributed by atoms with van der Waals surface area (Å²) in [6.45, 7) is 3.45. The van der Waals surface area contributed by atoms with Crippen molar-refractivity contribution < 1.29 is 4.52 Å². The molecule has 0 spiro atoms. The van der Waals surface area contributed by atoms with Gasteiger partial charge < -0.3 is 15.6 Å². The zero-order valence-corrected chi connectivity index (χ0v) is 18.4. The first-order chi connectivity index (χ1) is 12.7. The molecule has 0 amide bonds. The van der Waals surface area contributed by atoms with E-state index in [1.807, 2.05) is 19.1 Å². The summed E-state index contributed by atoms with van der Waals surface area (Å²) in [5.74, 6) is 1.78. The molecule has 2 heterocycles. The van der Waals surface area contributed by atoms with Crippen molar-refractivity contribution in [1.82, 2.24) is 15.5 Å². The Balaban J connectivity index is 0.00000261. The topological polar surface area (TPSA) is 89.3 Å². The summed E-state index contributed by atoms with van der Waals surface area (Å²) >= 11 is 1.75. The molecule has 2 aromatic heterocycles. The number of guanidine groups is 1. The average Bonchev–Trinajstić information content (AvgIpc) is 3.34. The first-order valence-corrected chi connectivity index (χ1v) is 9.60. The summed E-state index contributed by atoms with van der Waals surface area (Å²) in [6, 6.07) is 12.3. The summed E-state index contributed by atoms with van der Waals surface area (Å²) in [4.78, 5) is 10.0. The molecular formula is C19H24IN5OS. The highest BCUT2D eigenvalue weighted by atomic mass is 127. The number of halogens is 1. The minimum Gasteiger partial charge on any atom is -0.370 e. The second kappa shape index (κ2) is 11.0. The van der Waals surface area contributed by atoms with Crippen molar-refractivity contribution in [3.05, 3.63) is 58.0 Å². The van der Waals surface area contributed by atoms with Crippen LogP contribution in [0.25, 0.3) is 11.5 Å². The lowest BCUT2D eigenvalue weighted by molar-refractivity contribution is 0.423. The number of nitrogens with zero attached hydrogens (tertiary/aromatic N) is 3. The minimum atomic E-state index is 0. The Morgan fingerprint density at radius 2 is 2.04 bits per heavy atom. The van der Waals surface area contributed by atoms with Crippen molar-refractivity contribution in [2.24, 2.45) is 10.7 Å². The average molecular weight is 497 g/mol. The molecule has 0 aliphatic carbocycles. The molecule has 0 aliphatic heterocycles. The highest BCUT2D eigenvalue weighted by Gasteiger charge is 2.07. The van der Waals surface area contributed by atoms with Crippen LogP contribution in [0.1, 0.15) is 23.2 Å². The standard InChI is InChI=1S/C19H23N5OS.HI/c1-2-17-23-18(25-24-17)15-7-5-14(6-8-15)9-11-21-19(20)22-12-10-16-4-3-13-26-16;/h3-8,13H,2,9-12H2,1H3,(H3,20,21,22);1H. The van der Waals surface area contributed by atoms with E-state index in [2.05, 4.69) is 50.1 Å². The van der Waals surface area contributed by atoms with Gasteiger partial charge in [0.05, 0.1) is 0 Å². The van der Waals surface area contributed by atoms with Gasteiger partial charge in [-0.3, -0.25) is 4.99 Å². The molecule has 0 aliphatic rings. The van der Waals surface area contributed by atoms with Gasteiger partial charge in [0, 0.05) is 36.4 Å². The number of nitrogens with two attached hydrogens (primary N) is 1. The summed E-state index contributed by atoms with van der Waals surface area (Å²) in [5.41, 5.74) is 8.05. The Bertz CT molecular complexity index is 830. The maximum atomic E-state index is 5.91. The van der Waals surface area contributed by atoms with Crippen molar-refractivity contribution >= 4 is 41.3 Å². The lowest BCUT2D eigenvalue weighted by atomic mass is 10.1. The van der Waals surface area contributed by atoms with Crippen molar-refractivity contribution in [3.8, 4) is 11.5 Å². The smallest absolute Gasteiger partial charge is 0.257 e. The normalized spacial score (nSPS) is 11.2. The van der Waals surface area contributed by atoms with E-state index >= 15 is 0 Å². The first kappa shape index (κ1) is 21.4. The van der Waals surface area contributed by atoms with Gasteiger partial charge in [-0.15, -0.1) is 35.3 Å². The molecule has 27 heavy (non-hydrogen) atoms. The van der Waals surface area contributed by atoms with Crippen LogP contribution in [0.4, 0.5) is 0 Å². The van der Waals surface area contributed by atoms with Gasteiger partial charge in [-0.1, -0.05) is 30.3 Å². The number of thiophene rings is 1. The SMILES string of the molecule is CCc1noc(-c2ccc(CCNC(N)=NCCc3cccs3)cc2)n1.I. The van der Waals surface area contributed by atoms with Crippen LogP contribution < -0.4 is 11.1 Å². The number of aliphatic imine (C=N–C) groups is 1. The fourth-order valence-electron chi connectivity index (χ4n) is 2.46. The van der Waals surface area contributed by atoms with Gasteiger partial charge in [-0.05, 0) is 35.6 Å². The molecule has 144 valence electrons. The number of hydrogen-bond donors (Lipinski definition) is 2. The third-order valence-corrected chi connectivity index (χ3v) is 4.86. The van der Waals surface area contributed by atoms with Gasteiger partial charge in [0.25, 0.3) is 5.89 Å². The molecule has 6 nitrogen and oxygen atoms in total. The van der Waals surface area contributed by atoms with Crippen molar-refractivity contribution in [3.63, 3.8) is 0 Å². The molecule has 0 atom stereocenters. The van der Waals surface area contributed by atoms with Crippen LogP contribution in [-0.4, -0.2) is 29.2 Å². The maximum Gasteiger partial charge on any atom is 0.257 e. The lowest BCUT2D eigenvalue weighted by Crippen LogP contribution is -2.33. The van der Waals surface area contributed by atoms with E-state index in [9.17, 15) is 0 Å². The number of aryl methyl sites for hydroxylation is 1. The highest BCUT2D eigenvalue weighted by Crippen LogP contribution is 2.18. The summed E-state index contributed by atoms with van der Waals surface area (Å²) in [6.07, 6.45) is 2.56. The van der Waals surface area contributed by atoms with Crippen LogP contribution in [-0.2, 0) is 19.3 Å². The Labute approximate surface area is 180 Å². The van der Waals surface area contributed by atoms with Crippen LogP contribution in [0.15, 0.2) is 51.3 Å². The molecule has 3 aromatic rings. The summed E-state index contributed by atoms with van der Waals surface area (Å²) in [7, 11) is 0. The predicted molar refractivity (Wildman–Crippen MR) is 121 cm³/mol. The number of aromatic nitrogens is 2. The third kappa shape index (κ3) is 6.62. The monoisotopic (exact) mass is 497 g/mol. The molecule has 0 radical (unpaired) electrons. The van der Waals surface area contributed by atoms with Gasteiger partial charge >= 0.3 is 0 Å². The van der Waals surface area contributed by atoms with Crippen LogP contribution >= 0.6 is 35.3 Å². The molecule has 8 heteroatoms. The fourth-order valence-corrected chi connectivity index (χ4v) is 3.16. The molecule has 3 N–H and O–H groups in total. The number of nitrogens with one attached hydrogen (secondary N) is 1. The molecular weight excluding hydrogens is 473 g/mol. The fraction of sp³-hybridized carbons (Fsp3) is 0.316. The third-order valence-electron chi connectivity index (χ3n) is 3.93.